The van der Waals surface area contributed by atoms with Gasteiger partial charge >= 0.3 is 5.97 Å². The summed E-state index contributed by atoms with van der Waals surface area (Å²) in [6.45, 7) is 1.68. The number of benzene rings is 2. The summed E-state index contributed by atoms with van der Waals surface area (Å²) in [6, 6.07) is 12.2. The van der Waals surface area contributed by atoms with Gasteiger partial charge in [0.05, 0.1) is 39.7 Å². The Morgan fingerprint density at radius 3 is 2.32 bits per heavy atom. The van der Waals surface area contributed by atoms with Gasteiger partial charge < -0.3 is 24.6 Å². The van der Waals surface area contributed by atoms with Crippen LogP contribution in [0.15, 0.2) is 42.5 Å². The molecule has 2 rings (SSSR count). The zero-order chi connectivity index (χ0) is 20.7. The second-order valence-corrected chi connectivity index (χ2v) is 6.55. The highest BCUT2D eigenvalue weighted by Gasteiger charge is 2.32. The monoisotopic (exact) mass is 387 g/mol. The van der Waals surface area contributed by atoms with Gasteiger partial charge in [-0.05, 0) is 42.3 Å². The van der Waals surface area contributed by atoms with E-state index in [1.165, 1.54) is 21.3 Å². The van der Waals surface area contributed by atoms with E-state index < -0.39 is 11.5 Å². The van der Waals surface area contributed by atoms with Gasteiger partial charge in [0, 0.05) is 0 Å². The van der Waals surface area contributed by atoms with Gasteiger partial charge in [-0.2, -0.15) is 0 Å². The van der Waals surface area contributed by atoms with Crippen molar-refractivity contribution in [1.29, 1.82) is 0 Å². The van der Waals surface area contributed by atoms with Gasteiger partial charge in [0.15, 0.2) is 11.5 Å². The van der Waals surface area contributed by atoms with Gasteiger partial charge in [-0.25, -0.2) is 0 Å². The summed E-state index contributed by atoms with van der Waals surface area (Å²) < 4.78 is 15.7. The molecule has 0 aliphatic heterocycles. The topological polar surface area (TPSA) is 94.1 Å². The fourth-order valence-electron chi connectivity index (χ4n) is 3.02. The van der Waals surface area contributed by atoms with Crippen molar-refractivity contribution in [2.45, 2.75) is 25.3 Å². The molecule has 1 amide bonds. The van der Waals surface area contributed by atoms with Crippen molar-refractivity contribution < 1.29 is 28.9 Å². The highest BCUT2D eigenvalue weighted by molar-refractivity contribution is 5.81. The first kappa shape index (κ1) is 21.1. The predicted octanol–water partition coefficient (Wildman–Crippen LogP) is 2.76. The SMILES string of the molecule is COc1cccc(C(C)(CC(=O)O)NC(=O)Cc2ccc(OC)c(OC)c2)c1. The Kier molecular flexibility index (Phi) is 6.87. The van der Waals surface area contributed by atoms with Crippen molar-refractivity contribution in [3.63, 3.8) is 0 Å². The number of rotatable bonds is 9. The minimum Gasteiger partial charge on any atom is -0.497 e. The summed E-state index contributed by atoms with van der Waals surface area (Å²) in [6.07, 6.45) is -0.197. The molecule has 0 aromatic heterocycles. The Hall–Kier alpha value is -3.22. The van der Waals surface area contributed by atoms with E-state index in [0.717, 1.165) is 5.56 Å². The molecule has 0 spiro atoms. The van der Waals surface area contributed by atoms with Crippen molar-refractivity contribution in [2.75, 3.05) is 21.3 Å². The molecule has 2 aromatic carbocycles. The fraction of sp³-hybridized carbons (Fsp3) is 0.333. The standard InChI is InChI=1S/C21H25NO6/c1-21(13-20(24)25,15-6-5-7-16(12-15)26-2)22-19(23)11-14-8-9-17(27-3)18(10-14)28-4/h5-10,12H,11,13H2,1-4H3,(H,22,23)(H,24,25). The van der Waals surface area contributed by atoms with Crippen LogP contribution < -0.4 is 19.5 Å². The molecule has 0 fully saturated rings. The normalized spacial score (nSPS) is 12.6. The minimum absolute atomic E-state index is 0.0690. The Bertz CT molecular complexity index is 851. The zero-order valence-electron chi connectivity index (χ0n) is 16.4. The number of hydrogen-bond donors (Lipinski definition) is 2. The van der Waals surface area contributed by atoms with Crippen LogP contribution >= 0.6 is 0 Å². The Morgan fingerprint density at radius 1 is 1.00 bits per heavy atom. The molecule has 2 N–H and O–H groups in total. The molecule has 1 unspecified atom stereocenters. The zero-order valence-corrected chi connectivity index (χ0v) is 16.4. The largest absolute Gasteiger partial charge is 0.497 e. The lowest BCUT2D eigenvalue weighted by Crippen LogP contribution is -2.45. The van der Waals surface area contributed by atoms with E-state index in [2.05, 4.69) is 5.32 Å². The number of nitrogens with one attached hydrogen (secondary N) is 1. The van der Waals surface area contributed by atoms with Crippen molar-refractivity contribution in [3.05, 3.63) is 53.6 Å². The first-order valence-electron chi connectivity index (χ1n) is 8.69. The molecule has 0 radical (unpaired) electrons. The first-order valence-corrected chi connectivity index (χ1v) is 8.69. The Balaban J connectivity index is 2.24. The number of methoxy groups -OCH3 is 3. The molecular weight excluding hydrogens is 362 g/mol. The van der Waals surface area contributed by atoms with Crippen molar-refractivity contribution in [2.24, 2.45) is 0 Å². The van der Waals surface area contributed by atoms with E-state index >= 15 is 0 Å². The number of carbonyl (C=O) groups is 2. The molecule has 28 heavy (non-hydrogen) atoms. The van der Waals surface area contributed by atoms with Gasteiger partial charge in [0.2, 0.25) is 5.91 Å². The summed E-state index contributed by atoms with van der Waals surface area (Å²) in [5.74, 6) is 0.353. The number of carboxylic acids is 1. The highest BCUT2D eigenvalue weighted by atomic mass is 16.5. The van der Waals surface area contributed by atoms with E-state index in [1.807, 2.05) is 0 Å². The van der Waals surface area contributed by atoms with E-state index in [0.29, 0.717) is 22.8 Å². The molecule has 7 heteroatoms. The molecule has 0 saturated heterocycles. The van der Waals surface area contributed by atoms with Crippen LogP contribution in [0.4, 0.5) is 0 Å². The number of amides is 1. The van der Waals surface area contributed by atoms with E-state index in [9.17, 15) is 14.7 Å². The maximum atomic E-state index is 12.7. The molecule has 1 atom stereocenters. The van der Waals surface area contributed by atoms with E-state index in [-0.39, 0.29) is 18.7 Å². The van der Waals surface area contributed by atoms with E-state index in [4.69, 9.17) is 14.2 Å². The molecule has 2 aromatic rings. The van der Waals surface area contributed by atoms with Crippen LogP contribution in [-0.2, 0) is 21.5 Å². The van der Waals surface area contributed by atoms with Crippen LogP contribution in [0.5, 0.6) is 17.2 Å². The van der Waals surface area contributed by atoms with Gasteiger partial charge in [-0.1, -0.05) is 18.2 Å². The third kappa shape index (κ3) is 5.16. The third-order valence-electron chi connectivity index (χ3n) is 4.44. The second-order valence-electron chi connectivity index (χ2n) is 6.55. The lowest BCUT2D eigenvalue weighted by Gasteiger charge is -2.30. The summed E-state index contributed by atoms with van der Waals surface area (Å²) >= 11 is 0. The highest BCUT2D eigenvalue weighted by Crippen LogP contribution is 2.29. The molecule has 0 saturated carbocycles. The Labute approximate surface area is 164 Å². The number of aliphatic carboxylic acids is 1. The lowest BCUT2D eigenvalue weighted by molar-refractivity contribution is -0.139. The minimum atomic E-state index is -1.09. The Morgan fingerprint density at radius 2 is 1.71 bits per heavy atom. The van der Waals surface area contributed by atoms with Crippen LogP contribution in [0, 0.1) is 0 Å². The molecule has 0 aliphatic carbocycles. The number of carbonyl (C=O) groups excluding carboxylic acids is 1. The smallest absolute Gasteiger partial charge is 0.306 e. The summed E-state index contributed by atoms with van der Waals surface area (Å²) in [5.41, 5.74) is 0.280. The van der Waals surface area contributed by atoms with Crippen molar-refractivity contribution >= 4 is 11.9 Å². The maximum absolute atomic E-state index is 12.7. The molecule has 7 nitrogen and oxygen atoms in total. The summed E-state index contributed by atoms with van der Waals surface area (Å²) in [4.78, 5) is 24.1. The molecule has 0 aliphatic rings. The second kappa shape index (κ2) is 9.12. The number of hydrogen-bond acceptors (Lipinski definition) is 5. The average molecular weight is 387 g/mol. The lowest BCUT2D eigenvalue weighted by atomic mass is 9.88. The fourth-order valence-corrected chi connectivity index (χ4v) is 3.02. The molecular formula is C21H25NO6. The predicted molar refractivity (Wildman–Crippen MR) is 104 cm³/mol. The number of ether oxygens (including phenoxy) is 3. The van der Waals surface area contributed by atoms with Crippen LogP contribution in [0.3, 0.4) is 0 Å². The van der Waals surface area contributed by atoms with Gasteiger partial charge in [-0.3, -0.25) is 9.59 Å². The van der Waals surface area contributed by atoms with Crippen LogP contribution in [0.25, 0.3) is 0 Å². The van der Waals surface area contributed by atoms with E-state index in [1.54, 1.807) is 49.4 Å². The van der Waals surface area contributed by atoms with Gasteiger partial charge in [0.25, 0.3) is 0 Å². The van der Waals surface area contributed by atoms with Gasteiger partial charge in [0.1, 0.15) is 5.75 Å². The van der Waals surface area contributed by atoms with Crippen LogP contribution in [-0.4, -0.2) is 38.3 Å². The van der Waals surface area contributed by atoms with Crippen molar-refractivity contribution in [1.82, 2.24) is 5.32 Å². The molecule has 0 heterocycles. The van der Waals surface area contributed by atoms with Crippen LogP contribution in [0.2, 0.25) is 0 Å². The van der Waals surface area contributed by atoms with Crippen LogP contribution in [0.1, 0.15) is 24.5 Å². The summed E-state index contributed by atoms with van der Waals surface area (Å²) in [5, 5.41) is 12.2. The molecule has 0 bridgehead atoms. The van der Waals surface area contributed by atoms with Crippen molar-refractivity contribution in [3.8, 4) is 17.2 Å². The van der Waals surface area contributed by atoms with Gasteiger partial charge in [-0.15, -0.1) is 0 Å². The summed E-state index contributed by atoms with van der Waals surface area (Å²) in [7, 11) is 4.59. The average Bonchev–Trinajstić information content (AvgIpc) is 2.67. The maximum Gasteiger partial charge on any atom is 0.306 e. The number of carboxylic acid groups (broad SMARTS) is 1. The quantitative estimate of drug-likeness (QED) is 0.687. The first-order chi connectivity index (χ1) is 13.3. The molecule has 150 valence electrons. The third-order valence-corrected chi connectivity index (χ3v) is 4.44.